The van der Waals surface area contributed by atoms with E-state index in [0.29, 0.717) is 26.3 Å². The average molecular weight is 432 g/mol. The Hall–Kier alpha value is -1.34. The highest BCUT2D eigenvalue weighted by Crippen LogP contribution is 2.27. The van der Waals surface area contributed by atoms with Crippen LogP contribution >= 0.6 is 50.5 Å². The molecule has 0 aliphatic heterocycles. The van der Waals surface area contributed by atoms with Gasteiger partial charge in [0.25, 0.3) is 5.91 Å². The monoisotopic (exact) mass is 430 g/mol. The van der Waals surface area contributed by atoms with Gasteiger partial charge in [0.1, 0.15) is 0 Å². The molecular formula is C15H9BrCl2N2O2S. The highest BCUT2D eigenvalue weighted by molar-refractivity contribution is 9.10. The van der Waals surface area contributed by atoms with Gasteiger partial charge in [-0.3, -0.25) is 10.1 Å². The van der Waals surface area contributed by atoms with E-state index in [4.69, 9.17) is 27.6 Å². The maximum Gasteiger partial charge on any atom is 0.293 e. The van der Waals surface area contributed by atoms with E-state index >= 15 is 0 Å². The Morgan fingerprint density at radius 3 is 2.87 bits per heavy atom. The van der Waals surface area contributed by atoms with E-state index in [2.05, 4.69) is 26.2 Å². The molecular weight excluding hydrogens is 423 g/mol. The third kappa shape index (κ3) is 4.14. The molecule has 0 spiro atoms. The van der Waals surface area contributed by atoms with Crippen molar-refractivity contribution in [3.05, 3.63) is 67.4 Å². The van der Waals surface area contributed by atoms with Crippen molar-refractivity contribution in [2.45, 2.75) is 6.42 Å². The van der Waals surface area contributed by atoms with Crippen molar-refractivity contribution in [2.24, 2.45) is 0 Å². The highest BCUT2D eigenvalue weighted by Gasteiger charge is 2.13. The number of nitrogens with one attached hydrogen (secondary N) is 1. The van der Waals surface area contributed by atoms with Gasteiger partial charge in [0.15, 0.2) is 15.6 Å². The number of hydrogen-bond donors (Lipinski definition) is 1. The van der Waals surface area contributed by atoms with E-state index < -0.39 is 0 Å². The number of halogens is 3. The second kappa shape index (κ2) is 7.05. The maximum absolute atomic E-state index is 12.0. The van der Waals surface area contributed by atoms with Crippen LogP contribution in [-0.4, -0.2) is 10.9 Å². The fourth-order valence-corrected chi connectivity index (χ4v) is 3.42. The molecule has 118 valence electrons. The standard InChI is InChI=1S/C15H9BrCl2N2O2S/c16-13-4-3-12(22-13)14(21)20-15-19-7-10(23-15)6-8-5-9(17)1-2-11(8)18/h1-5,7H,6H2,(H,19,20,21). The summed E-state index contributed by atoms with van der Waals surface area (Å²) in [5.41, 5.74) is 0.913. The molecule has 2 aromatic heterocycles. The van der Waals surface area contributed by atoms with Gasteiger partial charge in [0.05, 0.1) is 0 Å². The van der Waals surface area contributed by atoms with Crippen molar-refractivity contribution in [3.8, 4) is 0 Å². The number of furan rings is 1. The van der Waals surface area contributed by atoms with E-state index in [0.717, 1.165) is 10.4 Å². The Kier molecular flexibility index (Phi) is 5.06. The third-order valence-corrected chi connectivity index (χ3v) is 4.89. The van der Waals surface area contributed by atoms with Gasteiger partial charge in [-0.05, 0) is 51.8 Å². The summed E-state index contributed by atoms with van der Waals surface area (Å²) in [5.74, 6) is -0.135. The van der Waals surface area contributed by atoms with Crippen LogP contribution in [0.3, 0.4) is 0 Å². The number of aromatic nitrogens is 1. The Morgan fingerprint density at radius 1 is 1.30 bits per heavy atom. The molecule has 0 bridgehead atoms. The zero-order chi connectivity index (χ0) is 16.4. The lowest BCUT2D eigenvalue weighted by atomic mass is 10.1. The number of anilines is 1. The normalized spacial score (nSPS) is 10.7. The maximum atomic E-state index is 12.0. The lowest BCUT2D eigenvalue weighted by molar-refractivity contribution is 0.0995. The van der Waals surface area contributed by atoms with Crippen LogP contribution in [0.1, 0.15) is 21.0 Å². The first-order chi connectivity index (χ1) is 11.0. The quantitative estimate of drug-likeness (QED) is 0.580. The number of benzene rings is 1. The van der Waals surface area contributed by atoms with Crippen LogP contribution in [0.2, 0.25) is 10.0 Å². The summed E-state index contributed by atoms with van der Waals surface area (Å²) in [5, 5.41) is 4.47. The smallest absolute Gasteiger partial charge is 0.293 e. The first-order valence-corrected chi connectivity index (χ1v) is 8.83. The van der Waals surface area contributed by atoms with Gasteiger partial charge in [-0.2, -0.15) is 0 Å². The van der Waals surface area contributed by atoms with Crippen LogP contribution in [0.15, 0.2) is 45.6 Å². The molecule has 0 saturated heterocycles. The molecule has 3 aromatic rings. The molecule has 1 aromatic carbocycles. The minimum absolute atomic E-state index is 0.214. The van der Waals surface area contributed by atoms with Gasteiger partial charge < -0.3 is 4.42 Å². The molecule has 0 fully saturated rings. The number of carbonyl (C=O) groups excluding carboxylic acids is 1. The number of hydrogen-bond acceptors (Lipinski definition) is 4. The summed E-state index contributed by atoms with van der Waals surface area (Å²) in [6.45, 7) is 0. The zero-order valence-electron chi connectivity index (χ0n) is 11.5. The molecule has 1 N–H and O–H groups in total. The van der Waals surface area contributed by atoms with Crippen LogP contribution in [0, 0.1) is 0 Å². The largest absolute Gasteiger partial charge is 0.444 e. The Balaban J connectivity index is 1.70. The molecule has 0 unspecified atom stereocenters. The minimum atomic E-state index is -0.350. The summed E-state index contributed by atoms with van der Waals surface area (Å²) in [6, 6.07) is 8.57. The summed E-state index contributed by atoms with van der Waals surface area (Å²) in [4.78, 5) is 17.2. The van der Waals surface area contributed by atoms with Crippen LogP contribution in [0.5, 0.6) is 0 Å². The molecule has 3 rings (SSSR count). The first kappa shape index (κ1) is 16.5. The van der Waals surface area contributed by atoms with E-state index in [-0.39, 0.29) is 11.7 Å². The third-order valence-electron chi connectivity index (χ3n) is 2.94. The SMILES string of the molecule is O=C(Nc1ncc(Cc2cc(Cl)ccc2Cl)s1)c1ccc(Br)o1. The van der Waals surface area contributed by atoms with E-state index in [1.807, 2.05) is 6.07 Å². The second-order valence-electron chi connectivity index (χ2n) is 4.60. The fourth-order valence-electron chi connectivity index (χ4n) is 1.91. The second-order valence-corrected chi connectivity index (χ2v) is 7.34. The number of rotatable bonds is 4. The lowest BCUT2D eigenvalue weighted by Crippen LogP contribution is -2.10. The molecule has 0 aliphatic carbocycles. The van der Waals surface area contributed by atoms with Crippen LogP contribution < -0.4 is 5.32 Å². The van der Waals surface area contributed by atoms with Crippen molar-refractivity contribution in [1.29, 1.82) is 0 Å². The molecule has 0 aliphatic rings. The average Bonchev–Trinajstić information content (AvgIpc) is 3.12. The van der Waals surface area contributed by atoms with Crippen molar-refractivity contribution < 1.29 is 9.21 Å². The predicted octanol–water partition coefficient (Wildman–Crippen LogP) is 5.65. The predicted molar refractivity (Wildman–Crippen MR) is 95.7 cm³/mol. The van der Waals surface area contributed by atoms with Gasteiger partial charge >= 0.3 is 0 Å². The van der Waals surface area contributed by atoms with Crippen molar-refractivity contribution in [2.75, 3.05) is 5.32 Å². The number of nitrogens with zero attached hydrogens (tertiary/aromatic N) is 1. The molecule has 0 atom stereocenters. The summed E-state index contributed by atoms with van der Waals surface area (Å²) < 4.78 is 5.70. The molecule has 8 heteroatoms. The van der Waals surface area contributed by atoms with Crippen molar-refractivity contribution >= 4 is 61.5 Å². The highest BCUT2D eigenvalue weighted by atomic mass is 79.9. The Bertz CT molecular complexity index is 863. The van der Waals surface area contributed by atoms with Crippen molar-refractivity contribution in [1.82, 2.24) is 4.98 Å². The topological polar surface area (TPSA) is 55.1 Å². The number of carbonyl (C=O) groups is 1. The Labute approximate surface area is 154 Å². The Morgan fingerprint density at radius 2 is 2.13 bits per heavy atom. The molecule has 23 heavy (non-hydrogen) atoms. The van der Waals surface area contributed by atoms with Crippen LogP contribution in [0.4, 0.5) is 5.13 Å². The minimum Gasteiger partial charge on any atom is -0.444 e. The summed E-state index contributed by atoms with van der Waals surface area (Å²) in [6.07, 6.45) is 2.30. The molecule has 4 nitrogen and oxygen atoms in total. The summed E-state index contributed by atoms with van der Waals surface area (Å²) >= 11 is 16.7. The molecule has 2 heterocycles. The van der Waals surface area contributed by atoms with Gasteiger partial charge in [-0.1, -0.05) is 23.2 Å². The first-order valence-electron chi connectivity index (χ1n) is 6.46. The van der Waals surface area contributed by atoms with E-state index in [1.54, 1.807) is 30.5 Å². The van der Waals surface area contributed by atoms with Gasteiger partial charge in [0.2, 0.25) is 0 Å². The number of thiazole rings is 1. The number of amides is 1. The summed E-state index contributed by atoms with van der Waals surface area (Å²) in [7, 11) is 0. The molecule has 1 amide bonds. The van der Waals surface area contributed by atoms with Crippen LogP contribution in [0.25, 0.3) is 0 Å². The molecule has 0 saturated carbocycles. The lowest BCUT2D eigenvalue weighted by Gasteiger charge is -2.02. The van der Waals surface area contributed by atoms with Gasteiger partial charge in [-0.25, -0.2) is 4.98 Å². The zero-order valence-corrected chi connectivity index (χ0v) is 15.4. The van der Waals surface area contributed by atoms with Gasteiger partial charge in [-0.15, -0.1) is 11.3 Å². The fraction of sp³-hybridized carbons (Fsp3) is 0.0667. The molecule has 0 radical (unpaired) electrons. The van der Waals surface area contributed by atoms with Crippen LogP contribution in [-0.2, 0) is 6.42 Å². The van der Waals surface area contributed by atoms with E-state index in [1.165, 1.54) is 11.3 Å². The van der Waals surface area contributed by atoms with E-state index in [9.17, 15) is 4.79 Å². The van der Waals surface area contributed by atoms with Gasteiger partial charge in [0, 0.05) is 27.5 Å². The van der Waals surface area contributed by atoms with Crippen molar-refractivity contribution in [3.63, 3.8) is 0 Å².